The quantitative estimate of drug-likeness (QED) is 0.790. The van der Waals surface area contributed by atoms with Crippen molar-refractivity contribution in [1.82, 2.24) is 0 Å². The number of nitriles is 1. The van der Waals surface area contributed by atoms with Crippen molar-refractivity contribution in [3.63, 3.8) is 0 Å². The van der Waals surface area contributed by atoms with Crippen molar-refractivity contribution in [3.05, 3.63) is 58.6 Å². The molecule has 2 aromatic rings. The molecule has 0 atom stereocenters. The van der Waals surface area contributed by atoms with Gasteiger partial charge in [0.25, 0.3) is 0 Å². The molecular formula is C14H8ClF2N. The first-order valence-corrected chi connectivity index (χ1v) is 5.60. The van der Waals surface area contributed by atoms with Crippen molar-refractivity contribution in [2.24, 2.45) is 0 Å². The van der Waals surface area contributed by atoms with Crippen LogP contribution < -0.4 is 0 Å². The third kappa shape index (κ3) is 2.49. The number of nitrogens with zero attached hydrogens (tertiary/aromatic N) is 1. The van der Waals surface area contributed by atoms with Crippen LogP contribution in [0.3, 0.4) is 0 Å². The van der Waals surface area contributed by atoms with Gasteiger partial charge in [0.2, 0.25) is 0 Å². The highest BCUT2D eigenvalue weighted by Gasteiger charge is 2.08. The van der Waals surface area contributed by atoms with Gasteiger partial charge in [-0.05, 0) is 29.3 Å². The zero-order valence-electron chi connectivity index (χ0n) is 9.25. The SMILES string of the molecule is N#CCc1ccc(-c2ccc(F)c(Cl)c2)c(F)c1. The van der Waals surface area contributed by atoms with Crippen LogP contribution in [-0.4, -0.2) is 0 Å². The van der Waals surface area contributed by atoms with Crippen LogP contribution in [0.4, 0.5) is 8.78 Å². The summed E-state index contributed by atoms with van der Waals surface area (Å²) < 4.78 is 26.9. The van der Waals surface area contributed by atoms with E-state index < -0.39 is 11.6 Å². The van der Waals surface area contributed by atoms with Crippen molar-refractivity contribution in [2.75, 3.05) is 0 Å². The molecule has 0 N–H and O–H groups in total. The minimum absolute atomic E-state index is 0.0481. The van der Waals surface area contributed by atoms with Crippen molar-refractivity contribution in [1.29, 1.82) is 5.26 Å². The van der Waals surface area contributed by atoms with Crippen molar-refractivity contribution < 1.29 is 8.78 Å². The lowest BCUT2D eigenvalue weighted by Crippen LogP contribution is -1.89. The van der Waals surface area contributed by atoms with Crippen LogP contribution in [0.2, 0.25) is 5.02 Å². The van der Waals surface area contributed by atoms with E-state index in [1.165, 1.54) is 24.3 Å². The van der Waals surface area contributed by atoms with E-state index in [9.17, 15) is 8.78 Å². The minimum Gasteiger partial charge on any atom is -0.206 e. The molecule has 0 radical (unpaired) electrons. The maximum Gasteiger partial charge on any atom is 0.141 e. The molecule has 0 spiro atoms. The Balaban J connectivity index is 2.45. The topological polar surface area (TPSA) is 23.8 Å². The molecule has 1 nitrogen and oxygen atoms in total. The summed E-state index contributed by atoms with van der Waals surface area (Å²) in [7, 11) is 0. The molecule has 0 aromatic heterocycles. The maximum absolute atomic E-state index is 13.8. The van der Waals surface area contributed by atoms with Gasteiger partial charge in [-0.3, -0.25) is 0 Å². The van der Waals surface area contributed by atoms with Crippen LogP contribution in [0.1, 0.15) is 5.56 Å². The Labute approximate surface area is 108 Å². The van der Waals surface area contributed by atoms with Gasteiger partial charge in [0.1, 0.15) is 11.6 Å². The van der Waals surface area contributed by atoms with Crippen LogP contribution >= 0.6 is 11.6 Å². The molecule has 4 heteroatoms. The first-order chi connectivity index (χ1) is 8.61. The van der Waals surface area contributed by atoms with Crippen molar-refractivity contribution in [3.8, 4) is 17.2 Å². The van der Waals surface area contributed by atoms with E-state index in [4.69, 9.17) is 16.9 Å². The van der Waals surface area contributed by atoms with Gasteiger partial charge in [0, 0.05) is 5.56 Å². The Morgan fingerprint density at radius 2 is 1.83 bits per heavy atom. The monoisotopic (exact) mass is 263 g/mol. The van der Waals surface area contributed by atoms with Gasteiger partial charge in [-0.1, -0.05) is 29.8 Å². The summed E-state index contributed by atoms with van der Waals surface area (Å²) in [5, 5.41) is 8.48. The number of benzene rings is 2. The lowest BCUT2D eigenvalue weighted by molar-refractivity contribution is 0.625. The van der Waals surface area contributed by atoms with Gasteiger partial charge in [0.05, 0.1) is 17.5 Å². The summed E-state index contributed by atoms with van der Waals surface area (Å²) >= 11 is 5.66. The van der Waals surface area contributed by atoms with E-state index in [2.05, 4.69) is 0 Å². The normalized spacial score (nSPS) is 10.1. The van der Waals surface area contributed by atoms with E-state index in [0.29, 0.717) is 16.7 Å². The molecule has 0 fully saturated rings. The van der Waals surface area contributed by atoms with Gasteiger partial charge in [-0.15, -0.1) is 0 Å². The van der Waals surface area contributed by atoms with Gasteiger partial charge >= 0.3 is 0 Å². The average molecular weight is 264 g/mol. The number of hydrogen-bond donors (Lipinski definition) is 0. The Bertz CT molecular complexity index is 632. The molecule has 0 saturated heterocycles. The Morgan fingerprint density at radius 1 is 1.06 bits per heavy atom. The Hall–Kier alpha value is -1.92. The summed E-state index contributed by atoms with van der Waals surface area (Å²) in [6.07, 6.45) is 0.154. The van der Waals surface area contributed by atoms with Crippen molar-refractivity contribution in [2.45, 2.75) is 6.42 Å². The van der Waals surface area contributed by atoms with Gasteiger partial charge < -0.3 is 0 Å². The van der Waals surface area contributed by atoms with E-state index in [1.54, 1.807) is 12.1 Å². The standard InChI is InChI=1S/C14H8ClF2N/c15-12-8-10(2-4-13(12)16)11-3-1-9(5-6-18)7-14(11)17/h1-4,7-8H,5H2. The predicted molar refractivity (Wildman–Crippen MR) is 66.1 cm³/mol. The van der Waals surface area contributed by atoms with Crippen molar-refractivity contribution >= 4 is 11.6 Å². The van der Waals surface area contributed by atoms with E-state index in [-0.39, 0.29) is 11.4 Å². The van der Waals surface area contributed by atoms with E-state index >= 15 is 0 Å². The molecule has 90 valence electrons. The lowest BCUT2D eigenvalue weighted by atomic mass is 10.0. The fourth-order valence-electron chi connectivity index (χ4n) is 1.66. The third-order valence-electron chi connectivity index (χ3n) is 2.55. The zero-order chi connectivity index (χ0) is 13.1. The maximum atomic E-state index is 13.8. The average Bonchev–Trinajstić information content (AvgIpc) is 2.34. The second-order valence-electron chi connectivity index (χ2n) is 3.78. The van der Waals surface area contributed by atoms with Gasteiger partial charge in [-0.25, -0.2) is 8.78 Å². The second kappa shape index (κ2) is 5.16. The molecule has 0 heterocycles. The van der Waals surface area contributed by atoms with Crippen LogP contribution in [0.15, 0.2) is 36.4 Å². The molecule has 0 aliphatic carbocycles. The van der Waals surface area contributed by atoms with Crippen LogP contribution in [0.25, 0.3) is 11.1 Å². The Morgan fingerprint density at radius 3 is 2.44 bits per heavy atom. The van der Waals surface area contributed by atoms with E-state index in [1.807, 2.05) is 6.07 Å². The third-order valence-corrected chi connectivity index (χ3v) is 2.84. The number of halogens is 3. The summed E-state index contributed by atoms with van der Waals surface area (Å²) in [5.41, 5.74) is 1.44. The van der Waals surface area contributed by atoms with Crippen LogP contribution in [0, 0.1) is 23.0 Å². The number of hydrogen-bond acceptors (Lipinski definition) is 1. The first kappa shape index (κ1) is 12.5. The highest BCUT2D eigenvalue weighted by Crippen LogP contribution is 2.27. The van der Waals surface area contributed by atoms with E-state index in [0.717, 1.165) is 0 Å². The summed E-state index contributed by atoms with van der Waals surface area (Å²) in [5.74, 6) is -0.993. The zero-order valence-corrected chi connectivity index (χ0v) is 10.0. The molecule has 18 heavy (non-hydrogen) atoms. The predicted octanol–water partition coefficient (Wildman–Crippen LogP) is 4.35. The summed E-state index contributed by atoms with van der Waals surface area (Å²) in [6, 6.07) is 10.5. The molecule has 0 aliphatic rings. The largest absolute Gasteiger partial charge is 0.206 e. The molecule has 2 rings (SSSR count). The molecule has 0 unspecified atom stereocenters. The molecule has 0 saturated carbocycles. The highest BCUT2D eigenvalue weighted by molar-refractivity contribution is 6.31. The summed E-state index contributed by atoms with van der Waals surface area (Å²) in [4.78, 5) is 0. The lowest BCUT2D eigenvalue weighted by Gasteiger charge is -2.06. The molecule has 0 amide bonds. The van der Waals surface area contributed by atoms with Crippen LogP contribution in [-0.2, 0) is 6.42 Å². The fraction of sp³-hybridized carbons (Fsp3) is 0.0714. The highest BCUT2D eigenvalue weighted by atomic mass is 35.5. The smallest absolute Gasteiger partial charge is 0.141 e. The van der Waals surface area contributed by atoms with Gasteiger partial charge in [0.15, 0.2) is 0 Å². The molecule has 0 bridgehead atoms. The Kier molecular flexibility index (Phi) is 3.59. The number of rotatable bonds is 2. The summed E-state index contributed by atoms with van der Waals surface area (Å²) in [6.45, 7) is 0. The second-order valence-corrected chi connectivity index (χ2v) is 4.19. The first-order valence-electron chi connectivity index (χ1n) is 5.22. The molecule has 2 aromatic carbocycles. The molecular weight excluding hydrogens is 256 g/mol. The van der Waals surface area contributed by atoms with Gasteiger partial charge in [-0.2, -0.15) is 5.26 Å². The fourth-order valence-corrected chi connectivity index (χ4v) is 1.84. The van der Waals surface area contributed by atoms with Crippen LogP contribution in [0.5, 0.6) is 0 Å². The minimum atomic E-state index is -0.540. The molecule has 0 aliphatic heterocycles.